The number of nitrogens with zero attached hydrogens (tertiary/aromatic N) is 2. The summed E-state index contributed by atoms with van der Waals surface area (Å²) in [5, 5.41) is 6.79. The number of benzene rings is 2. The summed E-state index contributed by atoms with van der Waals surface area (Å²) in [5.41, 5.74) is 3.99. The van der Waals surface area contributed by atoms with Crippen molar-refractivity contribution in [3.63, 3.8) is 0 Å². The highest BCUT2D eigenvalue weighted by Gasteiger charge is 2.19. The van der Waals surface area contributed by atoms with E-state index in [2.05, 4.69) is 16.3 Å². The fourth-order valence-corrected chi connectivity index (χ4v) is 2.91. The van der Waals surface area contributed by atoms with Gasteiger partial charge in [0.25, 0.3) is 5.91 Å². The van der Waals surface area contributed by atoms with Crippen molar-refractivity contribution in [1.29, 1.82) is 0 Å². The van der Waals surface area contributed by atoms with E-state index in [-0.39, 0.29) is 11.7 Å². The molecule has 0 aliphatic carbocycles. The third-order valence-electron chi connectivity index (χ3n) is 4.24. The minimum Gasteiger partial charge on any atom is -0.492 e. The summed E-state index contributed by atoms with van der Waals surface area (Å²) in [6.45, 7) is 4.85. The van der Waals surface area contributed by atoms with E-state index in [4.69, 9.17) is 4.74 Å². The Labute approximate surface area is 157 Å². The lowest BCUT2D eigenvalue weighted by Gasteiger charge is -2.18. The summed E-state index contributed by atoms with van der Waals surface area (Å²) in [4.78, 5) is 14.3. The Hall–Kier alpha value is -3.15. The van der Waals surface area contributed by atoms with Crippen LogP contribution in [0.15, 0.2) is 48.7 Å². The Balaban J connectivity index is 1.64. The molecule has 5 nitrogen and oxygen atoms in total. The summed E-state index contributed by atoms with van der Waals surface area (Å²) in [6.07, 6.45) is 1.49. The van der Waals surface area contributed by atoms with Gasteiger partial charge in [-0.2, -0.15) is 5.10 Å². The second-order valence-electron chi connectivity index (χ2n) is 6.56. The van der Waals surface area contributed by atoms with Gasteiger partial charge in [0.2, 0.25) is 0 Å². The van der Waals surface area contributed by atoms with Gasteiger partial charge in [0.1, 0.15) is 18.2 Å². The van der Waals surface area contributed by atoms with Gasteiger partial charge in [-0.25, -0.2) is 4.39 Å². The maximum Gasteiger partial charge on any atom is 0.257 e. The zero-order chi connectivity index (χ0) is 19.4. The van der Waals surface area contributed by atoms with E-state index in [1.54, 1.807) is 24.1 Å². The van der Waals surface area contributed by atoms with Crippen LogP contribution in [0.1, 0.15) is 21.5 Å². The lowest BCUT2D eigenvalue weighted by molar-refractivity contribution is 0.0774. The lowest BCUT2D eigenvalue weighted by Crippen LogP contribution is -2.31. The van der Waals surface area contributed by atoms with Gasteiger partial charge in [-0.3, -0.25) is 9.89 Å². The minimum atomic E-state index is -0.327. The van der Waals surface area contributed by atoms with Gasteiger partial charge in [-0.05, 0) is 61.4 Å². The summed E-state index contributed by atoms with van der Waals surface area (Å²) >= 11 is 0. The molecule has 27 heavy (non-hydrogen) atoms. The van der Waals surface area contributed by atoms with E-state index in [0.717, 1.165) is 16.9 Å². The molecule has 0 aliphatic rings. The molecular formula is C21H22FN3O2. The number of carbonyl (C=O) groups excluding carboxylic acids is 1. The van der Waals surface area contributed by atoms with E-state index < -0.39 is 0 Å². The van der Waals surface area contributed by atoms with Crippen LogP contribution in [0.5, 0.6) is 5.75 Å². The first kappa shape index (κ1) is 18.6. The van der Waals surface area contributed by atoms with Crippen LogP contribution >= 0.6 is 0 Å². The first-order valence-electron chi connectivity index (χ1n) is 8.70. The Morgan fingerprint density at radius 2 is 1.81 bits per heavy atom. The normalized spacial score (nSPS) is 10.7. The molecular weight excluding hydrogens is 345 g/mol. The first-order chi connectivity index (χ1) is 12.9. The Kier molecular flexibility index (Phi) is 5.54. The molecule has 6 heteroatoms. The molecule has 0 spiro atoms. The van der Waals surface area contributed by atoms with Gasteiger partial charge < -0.3 is 9.64 Å². The zero-order valence-corrected chi connectivity index (χ0v) is 15.6. The lowest BCUT2D eigenvalue weighted by atomic mass is 10.1. The summed E-state index contributed by atoms with van der Waals surface area (Å²) in [6, 6.07) is 12.0. The number of rotatable bonds is 6. The summed E-state index contributed by atoms with van der Waals surface area (Å²) in [5.74, 6) is 0.294. The number of aromatic amines is 1. The Bertz CT molecular complexity index is 915. The number of H-pyrrole nitrogens is 1. The number of hydrogen-bond acceptors (Lipinski definition) is 3. The second-order valence-corrected chi connectivity index (χ2v) is 6.56. The van der Waals surface area contributed by atoms with E-state index >= 15 is 0 Å². The van der Waals surface area contributed by atoms with E-state index in [0.29, 0.717) is 30.0 Å². The standard InChI is InChI=1S/C21H22FN3O2/c1-14-10-15(2)12-18(11-14)27-9-8-25(3)21(26)19-13-23-24-20(19)16-4-6-17(22)7-5-16/h4-7,10-13H,8-9H2,1-3H3,(H,23,24). The third-order valence-corrected chi connectivity index (χ3v) is 4.24. The predicted octanol–water partition coefficient (Wildman–Crippen LogP) is 3.98. The van der Waals surface area contributed by atoms with Crippen molar-refractivity contribution in [3.8, 4) is 17.0 Å². The number of hydrogen-bond donors (Lipinski definition) is 1. The highest BCUT2D eigenvalue weighted by atomic mass is 19.1. The van der Waals surface area contributed by atoms with Crippen LogP contribution < -0.4 is 4.74 Å². The summed E-state index contributed by atoms with van der Waals surface area (Å²) in [7, 11) is 1.72. The number of ether oxygens (including phenoxy) is 1. The van der Waals surface area contributed by atoms with Crippen molar-refractivity contribution in [2.45, 2.75) is 13.8 Å². The second kappa shape index (κ2) is 8.03. The van der Waals surface area contributed by atoms with Gasteiger partial charge in [0.15, 0.2) is 0 Å². The molecule has 3 rings (SSSR count). The topological polar surface area (TPSA) is 58.2 Å². The fraction of sp³-hybridized carbons (Fsp3) is 0.238. The highest BCUT2D eigenvalue weighted by molar-refractivity contribution is 5.99. The largest absolute Gasteiger partial charge is 0.492 e. The molecule has 1 aromatic heterocycles. The molecule has 3 aromatic rings. The Morgan fingerprint density at radius 3 is 2.48 bits per heavy atom. The van der Waals surface area contributed by atoms with Crippen molar-refractivity contribution < 1.29 is 13.9 Å². The van der Waals surface area contributed by atoms with E-state index in [9.17, 15) is 9.18 Å². The number of nitrogens with one attached hydrogen (secondary N) is 1. The van der Waals surface area contributed by atoms with Crippen LogP contribution in [0.4, 0.5) is 4.39 Å². The van der Waals surface area contributed by atoms with Gasteiger partial charge in [-0.1, -0.05) is 6.07 Å². The van der Waals surface area contributed by atoms with Crippen LogP contribution in [0.2, 0.25) is 0 Å². The van der Waals surface area contributed by atoms with Crippen LogP contribution in [0.25, 0.3) is 11.3 Å². The van der Waals surface area contributed by atoms with Crippen LogP contribution in [-0.4, -0.2) is 41.2 Å². The van der Waals surface area contributed by atoms with Crippen LogP contribution in [0.3, 0.4) is 0 Å². The minimum absolute atomic E-state index is 0.174. The number of halogens is 1. The van der Waals surface area contributed by atoms with Crippen molar-refractivity contribution in [1.82, 2.24) is 15.1 Å². The fourth-order valence-electron chi connectivity index (χ4n) is 2.91. The van der Waals surface area contributed by atoms with Gasteiger partial charge in [0, 0.05) is 12.6 Å². The maximum atomic E-state index is 13.1. The number of likely N-dealkylation sites (N-methyl/N-ethyl adjacent to an activating group) is 1. The van der Waals surface area contributed by atoms with Crippen molar-refractivity contribution >= 4 is 5.91 Å². The number of aromatic nitrogens is 2. The van der Waals surface area contributed by atoms with Gasteiger partial charge >= 0.3 is 0 Å². The number of aryl methyl sites for hydroxylation is 2. The zero-order valence-electron chi connectivity index (χ0n) is 15.6. The van der Waals surface area contributed by atoms with Crippen LogP contribution in [-0.2, 0) is 0 Å². The first-order valence-corrected chi connectivity index (χ1v) is 8.70. The highest BCUT2D eigenvalue weighted by Crippen LogP contribution is 2.22. The average molecular weight is 367 g/mol. The summed E-state index contributed by atoms with van der Waals surface area (Å²) < 4.78 is 18.9. The molecule has 0 fully saturated rings. The van der Waals surface area contributed by atoms with Gasteiger partial charge in [0.05, 0.1) is 24.0 Å². The quantitative estimate of drug-likeness (QED) is 0.717. The third kappa shape index (κ3) is 4.53. The molecule has 1 amide bonds. The number of amides is 1. The molecule has 2 aromatic carbocycles. The molecule has 0 aliphatic heterocycles. The van der Waals surface area contributed by atoms with Crippen LogP contribution in [0, 0.1) is 19.7 Å². The smallest absolute Gasteiger partial charge is 0.257 e. The van der Waals surface area contributed by atoms with E-state index in [1.807, 2.05) is 26.0 Å². The predicted molar refractivity (Wildman–Crippen MR) is 102 cm³/mol. The molecule has 140 valence electrons. The molecule has 0 saturated carbocycles. The molecule has 1 heterocycles. The molecule has 0 bridgehead atoms. The monoisotopic (exact) mass is 367 g/mol. The molecule has 0 unspecified atom stereocenters. The number of carbonyl (C=O) groups is 1. The van der Waals surface area contributed by atoms with Crippen molar-refractivity contribution in [3.05, 3.63) is 71.2 Å². The van der Waals surface area contributed by atoms with Crippen molar-refractivity contribution in [2.75, 3.05) is 20.2 Å². The maximum absolute atomic E-state index is 13.1. The molecule has 0 radical (unpaired) electrons. The Morgan fingerprint density at radius 1 is 1.15 bits per heavy atom. The molecule has 1 N–H and O–H groups in total. The molecule has 0 atom stereocenters. The van der Waals surface area contributed by atoms with Gasteiger partial charge in [-0.15, -0.1) is 0 Å². The average Bonchev–Trinajstić information content (AvgIpc) is 3.10. The van der Waals surface area contributed by atoms with Crippen molar-refractivity contribution in [2.24, 2.45) is 0 Å². The van der Waals surface area contributed by atoms with E-state index in [1.165, 1.54) is 18.3 Å². The molecule has 0 saturated heterocycles. The SMILES string of the molecule is Cc1cc(C)cc(OCCN(C)C(=O)c2cn[nH]c2-c2ccc(F)cc2)c1.